The molecule has 5 nitrogen and oxygen atoms in total. The first kappa shape index (κ1) is 18.1. The number of hydrogen-bond acceptors (Lipinski definition) is 4. The van der Waals surface area contributed by atoms with E-state index in [1.165, 1.54) is 24.3 Å². The number of aromatic carboxylic acids is 1. The molecule has 3 aromatic carbocycles. The van der Waals surface area contributed by atoms with Crippen LogP contribution in [0.15, 0.2) is 60.7 Å². The highest BCUT2D eigenvalue weighted by Crippen LogP contribution is 2.30. The summed E-state index contributed by atoms with van der Waals surface area (Å²) in [4.78, 5) is 12.0. The lowest BCUT2D eigenvalue weighted by Crippen LogP contribution is -2.06. The Hall–Kier alpha value is -3.75. The van der Waals surface area contributed by atoms with Gasteiger partial charge in [0.1, 0.15) is 11.5 Å². The molecule has 0 radical (unpaired) electrons. The largest absolute Gasteiger partial charge is 0.508 e. The highest BCUT2D eigenvalue weighted by molar-refractivity contribution is 5.99. The summed E-state index contributed by atoms with van der Waals surface area (Å²) in [6.45, 7) is -0.351. The Morgan fingerprint density at radius 1 is 0.815 bits per heavy atom. The van der Waals surface area contributed by atoms with Gasteiger partial charge in [-0.2, -0.15) is 0 Å². The van der Waals surface area contributed by atoms with Crippen molar-refractivity contribution >= 4 is 5.97 Å². The second kappa shape index (κ2) is 7.65. The number of phenols is 2. The van der Waals surface area contributed by atoms with E-state index in [9.17, 15) is 25.2 Å². The molecule has 0 aliphatic rings. The SMILES string of the molecule is O=C(O)c1c(-c2ccc(O)cc2)ccc(CO)c1C#Cc1ccc(O)cc1. The second-order valence-corrected chi connectivity index (χ2v) is 5.83. The van der Waals surface area contributed by atoms with Crippen molar-refractivity contribution in [1.29, 1.82) is 0 Å². The average molecular weight is 360 g/mol. The van der Waals surface area contributed by atoms with Gasteiger partial charge in [0.2, 0.25) is 0 Å². The maximum absolute atomic E-state index is 12.0. The first-order valence-electron chi connectivity index (χ1n) is 8.10. The van der Waals surface area contributed by atoms with Gasteiger partial charge in [0, 0.05) is 11.1 Å². The monoisotopic (exact) mass is 360 g/mol. The molecule has 0 fully saturated rings. The number of carboxylic acid groups (broad SMARTS) is 1. The van der Waals surface area contributed by atoms with Crippen molar-refractivity contribution in [2.75, 3.05) is 0 Å². The Morgan fingerprint density at radius 2 is 1.41 bits per heavy atom. The maximum Gasteiger partial charge on any atom is 0.337 e. The molecule has 0 aliphatic heterocycles. The molecule has 3 aromatic rings. The molecule has 5 heteroatoms. The summed E-state index contributed by atoms with van der Waals surface area (Å²) in [5, 5.41) is 38.2. The van der Waals surface area contributed by atoms with Crippen LogP contribution in [0.4, 0.5) is 0 Å². The molecule has 0 unspecified atom stereocenters. The highest BCUT2D eigenvalue weighted by Gasteiger charge is 2.19. The summed E-state index contributed by atoms with van der Waals surface area (Å²) in [5.41, 5.74) is 2.27. The molecular formula is C22H16O5. The zero-order chi connectivity index (χ0) is 19.4. The molecule has 3 rings (SSSR count). The van der Waals surface area contributed by atoms with E-state index < -0.39 is 5.97 Å². The zero-order valence-corrected chi connectivity index (χ0v) is 14.2. The van der Waals surface area contributed by atoms with E-state index in [2.05, 4.69) is 11.8 Å². The number of aliphatic hydroxyl groups is 1. The molecule has 134 valence electrons. The van der Waals surface area contributed by atoms with Crippen LogP contribution >= 0.6 is 0 Å². The van der Waals surface area contributed by atoms with Crippen LogP contribution in [0.25, 0.3) is 11.1 Å². The molecule has 0 saturated heterocycles. The molecule has 4 N–H and O–H groups in total. The van der Waals surface area contributed by atoms with E-state index in [1.807, 2.05) is 0 Å². The van der Waals surface area contributed by atoms with Crippen LogP contribution in [0.1, 0.15) is 27.0 Å². The molecule has 0 saturated carbocycles. The zero-order valence-electron chi connectivity index (χ0n) is 14.2. The van der Waals surface area contributed by atoms with Crippen LogP contribution in [0.2, 0.25) is 0 Å². The molecule has 0 aliphatic carbocycles. The standard InChI is InChI=1S/C22H16O5/c23-13-16-6-12-19(15-4-9-18(25)10-5-15)21(22(26)27)20(16)11-3-14-1-7-17(24)8-2-14/h1-2,4-10,12,23-25H,13H2,(H,26,27). The fraction of sp³-hybridized carbons (Fsp3) is 0.0455. The summed E-state index contributed by atoms with van der Waals surface area (Å²) < 4.78 is 0. The summed E-state index contributed by atoms with van der Waals surface area (Å²) in [5.74, 6) is 4.74. The number of carboxylic acids is 1. The third-order valence-electron chi connectivity index (χ3n) is 4.05. The van der Waals surface area contributed by atoms with Crippen molar-refractivity contribution in [1.82, 2.24) is 0 Å². The van der Waals surface area contributed by atoms with Crippen LogP contribution in [0.5, 0.6) is 11.5 Å². The number of benzene rings is 3. The van der Waals surface area contributed by atoms with Gasteiger partial charge in [-0.05, 0) is 53.1 Å². The minimum atomic E-state index is -1.16. The number of rotatable bonds is 3. The van der Waals surface area contributed by atoms with Crippen LogP contribution in [-0.2, 0) is 6.61 Å². The van der Waals surface area contributed by atoms with E-state index >= 15 is 0 Å². The van der Waals surface area contributed by atoms with E-state index in [0.717, 1.165) is 0 Å². The molecule has 0 aromatic heterocycles. The third kappa shape index (κ3) is 3.92. The second-order valence-electron chi connectivity index (χ2n) is 5.83. The number of aliphatic hydroxyl groups excluding tert-OH is 1. The quantitative estimate of drug-likeness (QED) is 0.537. The lowest BCUT2D eigenvalue weighted by molar-refractivity contribution is 0.0697. The Morgan fingerprint density at radius 3 is 1.96 bits per heavy atom. The smallest absolute Gasteiger partial charge is 0.337 e. The summed E-state index contributed by atoms with van der Waals surface area (Å²) in [7, 11) is 0. The number of aromatic hydroxyl groups is 2. The van der Waals surface area contributed by atoms with Crippen molar-refractivity contribution < 1.29 is 25.2 Å². The van der Waals surface area contributed by atoms with E-state index in [0.29, 0.717) is 22.3 Å². The topological polar surface area (TPSA) is 98.0 Å². The first-order chi connectivity index (χ1) is 13.0. The van der Waals surface area contributed by atoms with Gasteiger partial charge in [0.15, 0.2) is 0 Å². The van der Waals surface area contributed by atoms with E-state index in [1.54, 1.807) is 36.4 Å². The molecule has 0 atom stereocenters. The van der Waals surface area contributed by atoms with Crippen molar-refractivity contribution in [2.45, 2.75) is 6.61 Å². The fourth-order valence-corrected chi connectivity index (χ4v) is 2.70. The lowest BCUT2D eigenvalue weighted by atomic mass is 9.92. The predicted octanol–water partition coefficient (Wildman–Crippen LogP) is 3.36. The lowest BCUT2D eigenvalue weighted by Gasteiger charge is -2.12. The summed E-state index contributed by atoms with van der Waals surface area (Å²) in [6.07, 6.45) is 0. The van der Waals surface area contributed by atoms with Crippen LogP contribution in [0.3, 0.4) is 0 Å². The summed E-state index contributed by atoms with van der Waals surface area (Å²) >= 11 is 0. The first-order valence-corrected chi connectivity index (χ1v) is 8.10. The average Bonchev–Trinajstić information content (AvgIpc) is 2.67. The van der Waals surface area contributed by atoms with Crippen LogP contribution in [0, 0.1) is 11.8 Å². The van der Waals surface area contributed by atoms with Gasteiger partial charge in [-0.1, -0.05) is 36.1 Å². The van der Waals surface area contributed by atoms with Crippen molar-refractivity contribution in [3.05, 3.63) is 82.9 Å². The molecule has 0 spiro atoms. The molecular weight excluding hydrogens is 344 g/mol. The fourth-order valence-electron chi connectivity index (χ4n) is 2.70. The van der Waals surface area contributed by atoms with Gasteiger partial charge >= 0.3 is 5.97 Å². The highest BCUT2D eigenvalue weighted by atomic mass is 16.4. The third-order valence-corrected chi connectivity index (χ3v) is 4.05. The Bertz CT molecular complexity index is 1040. The van der Waals surface area contributed by atoms with Crippen LogP contribution < -0.4 is 0 Å². The van der Waals surface area contributed by atoms with E-state index in [-0.39, 0.29) is 29.2 Å². The van der Waals surface area contributed by atoms with Gasteiger partial charge in [0.05, 0.1) is 12.2 Å². The number of hydrogen-bond donors (Lipinski definition) is 4. The van der Waals surface area contributed by atoms with Crippen molar-refractivity contribution in [3.8, 4) is 34.5 Å². The molecule has 0 amide bonds. The number of phenolic OH excluding ortho intramolecular Hbond substituents is 2. The van der Waals surface area contributed by atoms with Gasteiger partial charge in [-0.15, -0.1) is 0 Å². The van der Waals surface area contributed by atoms with Gasteiger partial charge in [-0.3, -0.25) is 0 Å². The molecule has 0 heterocycles. The van der Waals surface area contributed by atoms with Crippen molar-refractivity contribution in [2.24, 2.45) is 0 Å². The number of carbonyl (C=O) groups is 1. The van der Waals surface area contributed by atoms with Crippen molar-refractivity contribution in [3.63, 3.8) is 0 Å². The predicted molar refractivity (Wildman–Crippen MR) is 101 cm³/mol. The molecule has 27 heavy (non-hydrogen) atoms. The molecule has 0 bridgehead atoms. The Kier molecular flexibility index (Phi) is 5.11. The minimum Gasteiger partial charge on any atom is -0.508 e. The normalized spacial score (nSPS) is 10.1. The van der Waals surface area contributed by atoms with E-state index in [4.69, 9.17) is 0 Å². The Labute approximate surface area is 155 Å². The van der Waals surface area contributed by atoms with Gasteiger partial charge < -0.3 is 20.4 Å². The maximum atomic E-state index is 12.0. The van der Waals surface area contributed by atoms with Gasteiger partial charge in [0.25, 0.3) is 0 Å². The Balaban J connectivity index is 2.19. The minimum absolute atomic E-state index is 0.0153. The van der Waals surface area contributed by atoms with Gasteiger partial charge in [-0.25, -0.2) is 4.79 Å². The van der Waals surface area contributed by atoms with Crippen LogP contribution in [-0.4, -0.2) is 26.4 Å². The summed E-state index contributed by atoms with van der Waals surface area (Å²) in [6, 6.07) is 15.6.